The quantitative estimate of drug-likeness (QED) is 0.829. The van der Waals surface area contributed by atoms with Crippen molar-refractivity contribution >= 4 is 0 Å². The third kappa shape index (κ3) is 4.13. The van der Waals surface area contributed by atoms with Crippen molar-refractivity contribution in [2.24, 2.45) is 5.73 Å². The molecule has 0 aliphatic carbocycles. The molecule has 1 saturated heterocycles. The van der Waals surface area contributed by atoms with Crippen LogP contribution in [0.15, 0.2) is 30.3 Å². The molecule has 0 amide bonds. The molecule has 0 bridgehead atoms. The van der Waals surface area contributed by atoms with Gasteiger partial charge in [-0.3, -0.25) is 10.00 Å². The lowest BCUT2D eigenvalue weighted by molar-refractivity contribution is 0.0382. The van der Waals surface area contributed by atoms with Gasteiger partial charge in [0.05, 0.1) is 19.3 Å². The van der Waals surface area contributed by atoms with E-state index in [0.717, 1.165) is 51.5 Å². The van der Waals surface area contributed by atoms with E-state index in [1.54, 1.807) is 0 Å². The predicted octanol–water partition coefficient (Wildman–Crippen LogP) is 0.922. The molecule has 2 aromatic rings. The summed E-state index contributed by atoms with van der Waals surface area (Å²) in [5.41, 5.74) is 7.41. The normalized spacial score (nSPS) is 17.5. The Kier molecular flexibility index (Phi) is 5.15. The van der Waals surface area contributed by atoms with Crippen molar-refractivity contribution in [2.45, 2.75) is 18.9 Å². The minimum atomic E-state index is -0.171. The van der Waals surface area contributed by atoms with Crippen molar-refractivity contribution in [2.75, 3.05) is 32.8 Å². The predicted molar refractivity (Wildman–Crippen MR) is 84.4 cm³/mol. The number of rotatable bonds is 6. The summed E-state index contributed by atoms with van der Waals surface area (Å²) in [6.45, 7) is 4.61. The minimum absolute atomic E-state index is 0.171. The summed E-state index contributed by atoms with van der Waals surface area (Å²) in [6, 6.07) is 10.0. The van der Waals surface area contributed by atoms with Crippen molar-refractivity contribution in [1.29, 1.82) is 0 Å². The van der Waals surface area contributed by atoms with E-state index in [4.69, 9.17) is 10.5 Å². The number of aromatic amines is 1. The highest BCUT2D eigenvalue weighted by Crippen LogP contribution is 2.12. The van der Waals surface area contributed by atoms with Crippen molar-refractivity contribution in [3.8, 4) is 0 Å². The van der Waals surface area contributed by atoms with Crippen molar-refractivity contribution in [1.82, 2.24) is 20.1 Å². The van der Waals surface area contributed by atoms with Gasteiger partial charge in [-0.25, -0.2) is 4.98 Å². The number of morpholine rings is 1. The van der Waals surface area contributed by atoms with E-state index >= 15 is 0 Å². The molecule has 3 rings (SSSR count). The Bertz CT molecular complexity index is 565. The third-order valence-corrected chi connectivity index (χ3v) is 3.95. The SMILES string of the molecule is N[C@@H](Cc1ccccc1)c1n[nH]c(CCN2CCOCC2)n1. The summed E-state index contributed by atoms with van der Waals surface area (Å²) in [6.07, 6.45) is 1.62. The van der Waals surface area contributed by atoms with Crippen LogP contribution in [-0.2, 0) is 17.6 Å². The number of benzene rings is 1. The molecule has 1 aromatic carbocycles. The average Bonchev–Trinajstić information content (AvgIpc) is 3.04. The van der Waals surface area contributed by atoms with Gasteiger partial charge in [0.25, 0.3) is 0 Å². The fourth-order valence-electron chi connectivity index (χ4n) is 2.64. The molecular formula is C16H23N5O. The summed E-state index contributed by atoms with van der Waals surface area (Å²) in [4.78, 5) is 6.93. The smallest absolute Gasteiger partial charge is 0.167 e. The van der Waals surface area contributed by atoms with Crippen LogP contribution >= 0.6 is 0 Å². The molecule has 0 saturated carbocycles. The average molecular weight is 301 g/mol. The molecule has 1 fully saturated rings. The highest BCUT2D eigenvalue weighted by atomic mass is 16.5. The van der Waals surface area contributed by atoms with E-state index < -0.39 is 0 Å². The van der Waals surface area contributed by atoms with Gasteiger partial charge in [-0.15, -0.1) is 0 Å². The summed E-state index contributed by atoms with van der Waals surface area (Å²) >= 11 is 0. The molecule has 0 unspecified atom stereocenters. The van der Waals surface area contributed by atoms with Gasteiger partial charge in [0, 0.05) is 26.1 Å². The number of nitrogens with one attached hydrogen (secondary N) is 1. The molecule has 6 heteroatoms. The van der Waals surface area contributed by atoms with Gasteiger partial charge in [0.15, 0.2) is 5.82 Å². The lowest BCUT2D eigenvalue weighted by Gasteiger charge is -2.25. The standard InChI is InChI=1S/C16H23N5O/c17-14(12-13-4-2-1-3-5-13)16-18-15(19-20-16)6-7-21-8-10-22-11-9-21/h1-5,14H,6-12,17H2,(H,18,19,20)/t14-/m0/s1. The van der Waals surface area contributed by atoms with Crippen LogP contribution in [0.3, 0.4) is 0 Å². The third-order valence-electron chi connectivity index (χ3n) is 3.95. The molecule has 2 heterocycles. The number of hydrogen-bond donors (Lipinski definition) is 2. The Hall–Kier alpha value is -1.76. The molecule has 1 aliphatic rings. The van der Waals surface area contributed by atoms with Crippen LogP contribution in [-0.4, -0.2) is 52.9 Å². The van der Waals surface area contributed by atoms with Crippen LogP contribution in [0.5, 0.6) is 0 Å². The van der Waals surface area contributed by atoms with E-state index in [1.807, 2.05) is 18.2 Å². The van der Waals surface area contributed by atoms with Crippen LogP contribution < -0.4 is 5.73 Å². The van der Waals surface area contributed by atoms with Crippen LogP contribution in [0.4, 0.5) is 0 Å². The van der Waals surface area contributed by atoms with Crippen molar-refractivity contribution < 1.29 is 4.74 Å². The zero-order valence-electron chi connectivity index (χ0n) is 12.7. The Labute approximate surface area is 130 Å². The summed E-state index contributed by atoms with van der Waals surface area (Å²) in [7, 11) is 0. The van der Waals surface area contributed by atoms with Crippen LogP contribution in [0.25, 0.3) is 0 Å². The van der Waals surface area contributed by atoms with Crippen LogP contribution in [0, 0.1) is 0 Å². The number of ether oxygens (including phenoxy) is 1. The zero-order chi connectivity index (χ0) is 15.2. The molecule has 3 N–H and O–H groups in total. The van der Waals surface area contributed by atoms with E-state index in [9.17, 15) is 0 Å². The number of nitrogens with zero attached hydrogens (tertiary/aromatic N) is 3. The molecule has 0 spiro atoms. The highest BCUT2D eigenvalue weighted by molar-refractivity contribution is 5.17. The Morgan fingerprint density at radius 2 is 2.00 bits per heavy atom. The van der Waals surface area contributed by atoms with E-state index in [-0.39, 0.29) is 6.04 Å². The first-order valence-corrected chi connectivity index (χ1v) is 7.82. The van der Waals surface area contributed by atoms with E-state index in [2.05, 4.69) is 32.2 Å². The van der Waals surface area contributed by atoms with Crippen molar-refractivity contribution in [3.63, 3.8) is 0 Å². The molecule has 22 heavy (non-hydrogen) atoms. The fourth-order valence-corrected chi connectivity index (χ4v) is 2.64. The van der Waals surface area contributed by atoms with Crippen LogP contribution in [0.2, 0.25) is 0 Å². The van der Waals surface area contributed by atoms with Gasteiger partial charge in [0.2, 0.25) is 0 Å². The maximum atomic E-state index is 6.21. The fraction of sp³-hybridized carbons (Fsp3) is 0.500. The van der Waals surface area contributed by atoms with Gasteiger partial charge in [-0.05, 0) is 12.0 Å². The Morgan fingerprint density at radius 1 is 1.23 bits per heavy atom. The topological polar surface area (TPSA) is 80.1 Å². The lowest BCUT2D eigenvalue weighted by atomic mass is 10.1. The number of H-pyrrole nitrogens is 1. The largest absolute Gasteiger partial charge is 0.379 e. The van der Waals surface area contributed by atoms with E-state index in [0.29, 0.717) is 5.82 Å². The molecule has 118 valence electrons. The van der Waals surface area contributed by atoms with Gasteiger partial charge < -0.3 is 10.5 Å². The van der Waals surface area contributed by atoms with E-state index in [1.165, 1.54) is 5.56 Å². The first kappa shape index (κ1) is 15.1. The lowest BCUT2D eigenvalue weighted by Crippen LogP contribution is -2.37. The molecular weight excluding hydrogens is 278 g/mol. The Morgan fingerprint density at radius 3 is 2.77 bits per heavy atom. The second kappa shape index (κ2) is 7.49. The Balaban J connectivity index is 1.51. The van der Waals surface area contributed by atoms with Gasteiger partial charge in [-0.2, -0.15) is 5.10 Å². The molecule has 1 aliphatic heterocycles. The maximum Gasteiger partial charge on any atom is 0.167 e. The summed E-state index contributed by atoms with van der Waals surface area (Å²) < 4.78 is 5.35. The molecule has 0 radical (unpaired) electrons. The number of hydrogen-bond acceptors (Lipinski definition) is 5. The van der Waals surface area contributed by atoms with Crippen LogP contribution in [0.1, 0.15) is 23.3 Å². The number of nitrogens with two attached hydrogens (primary N) is 1. The monoisotopic (exact) mass is 301 g/mol. The molecule has 1 aromatic heterocycles. The maximum absolute atomic E-state index is 6.21. The summed E-state index contributed by atoms with van der Waals surface area (Å²) in [5, 5.41) is 7.28. The van der Waals surface area contributed by atoms with Gasteiger partial charge in [0.1, 0.15) is 5.82 Å². The van der Waals surface area contributed by atoms with Crippen molar-refractivity contribution in [3.05, 3.63) is 47.5 Å². The van der Waals surface area contributed by atoms with Gasteiger partial charge in [-0.1, -0.05) is 30.3 Å². The molecule has 1 atom stereocenters. The first-order valence-electron chi connectivity index (χ1n) is 7.82. The second-order valence-corrected chi connectivity index (χ2v) is 5.64. The van der Waals surface area contributed by atoms with Gasteiger partial charge >= 0.3 is 0 Å². The second-order valence-electron chi connectivity index (χ2n) is 5.64. The zero-order valence-corrected chi connectivity index (χ0v) is 12.7. The first-order chi connectivity index (χ1) is 10.8. The summed E-state index contributed by atoms with van der Waals surface area (Å²) in [5.74, 6) is 1.60. The highest BCUT2D eigenvalue weighted by Gasteiger charge is 2.14. The number of aromatic nitrogens is 3. The minimum Gasteiger partial charge on any atom is -0.379 e. The molecule has 6 nitrogen and oxygen atoms in total.